The number of amides is 2. The number of likely N-dealkylation sites (N-methyl/N-ethyl adjacent to an activating group) is 1. The third kappa shape index (κ3) is 82.8. The molecule has 7 N–H and O–H groups in total. The number of rotatable bonds is 4. The first-order valence-electron chi connectivity index (χ1n) is 4.82. The van der Waals surface area contributed by atoms with Gasteiger partial charge in [-0.3, -0.25) is 9.59 Å². The predicted octanol–water partition coefficient (Wildman–Crippen LogP) is -4.74. The van der Waals surface area contributed by atoms with Gasteiger partial charge in [0, 0.05) is 0 Å². The van der Waals surface area contributed by atoms with E-state index in [9.17, 15) is 9.59 Å². The van der Waals surface area contributed by atoms with E-state index < -0.39 is 24.4 Å². The number of carbonyl (C=O) groups is 3. The summed E-state index contributed by atoms with van der Waals surface area (Å²) in [5.41, 5.74) is 8.50. The Morgan fingerprint density at radius 1 is 1.00 bits per heavy atom. The SMILES string of the molecule is C[N+](C)(C)CCO.NC(N)=O.O=C(O)CC(=O)O.[Cl-]. The van der Waals surface area contributed by atoms with Crippen LogP contribution in [0, 0.1) is 0 Å². The van der Waals surface area contributed by atoms with Crippen LogP contribution in [0.5, 0.6) is 0 Å². The molecule has 0 aliphatic heterocycles. The van der Waals surface area contributed by atoms with Crippen molar-refractivity contribution >= 4 is 18.0 Å². The molecule has 0 fully saturated rings. The topological polar surface area (TPSA) is 164 Å². The Hall–Kier alpha value is -1.58. The first-order valence-corrected chi connectivity index (χ1v) is 4.82. The van der Waals surface area contributed by atoms with Gasteiger partial charge in [0.25, 0.3) is 0 Å². The molecule has 116 valence electrons. The van der Waals surface area contributed by atoms with Crippen molar-refractivity contribution in [3.8, 4) is 0 Å². The van der Waals surface area contributed by atoms with Gasteiger partial charge < -0.3 is 43.7 Å². The molecule has 0 unspecified atom stereocenters. The van der Waals surface area contributed by atoms with Gasteiger partial charge in [-0.2, -0.15) is 0 Å². The molecule has 10 heteroatoms. The number of aliphatic carboxylic acids is 2. The highest BCUT2D eigenvalue weighted by atomic mass is 35.5. The number of carbonyl (C=O) groups excluding carboxylic acids is 1. The summed E-state index contributed by atoms with van der Waals surface area (Å²) >= 11 is 0. The van der Waals surface area contributed by atoms with E-state index in [2.05, 4.69) is 32.6 Å². The van der Waals surface area contributed by atoms with Gasteiger partial charge >= 0.3 is 18.0 Å². The van der Waals surface area contributed by atoms with E-state index in [0.717, 1.165) is 11.0 Å². The third-order valence-corrected chi connectivity index (χ3v) is 1.07. The van der Waals surface area contributed by atoms with E-state index >= 15 is 0 Å². The van der Waals surface area contributed by atoms with Crippen LogP contribution in [-0.2, 0) is 9.59 Å². The summed E-state index contributed by atoms with van der Waals surface area (Å²) in [6.07, 6.45) is -0.806. The minimum atomic E-state index is -1.31. The predicted molar refractivity (Wildman–Crippen MR) is 63.6 cm³/mol. The van der Waals surface area contributed by atoms with E-state index in [4.69, 9.17) is 20.1 Å². The summed E-state index contributed by atoms with van der Waals surface area (Å²) in [6, 6.07) is -0.833. The van der Waals surface area contributed by atoms with Crippen LogP contribution in [-0.4, -0.2) is 72.1 Å². The maximum atomic E-state index is 9.43. The van der Waals surface area contributed by atoms with Gasteiger partial charge in [0.15, 0.2) is 0 Å². The molecule has 0 aromatic carbocycles. The van der Waals surface area contributed by atoms with Crippen LogP contribution in [0.25, 0.3) is 0 Å². The summed E-state index contributed by atoms with van der Waals surface area (Å²) in [5, 5.41) is 23.8. The Morgan fingerprint density at radius 2 is 1.26 bits per heavy atom. The fourth-order valence-corrected chi connectivity index (χ4v) is 0.429. The molecule has 0 aliphatic rings. The fourth-order valence-electron chi connectivity index (χ4n) is 0.429. The van der Waals surface area contributed by atoms with Gasteiger partial charge in [-0.25, -0.2) is 4.79 Å². The zero-order valence-electron chi connectivity index (χ0n) is 11.2. The largest absolute Gasteiger partial charge is 1.00 e. The lowest BCUT2D eigenvalue weighted by atomic mass is 10.5. The second-order valence-electron chi connectivity index (χ2n) is 4.10. The zero-order valence-corrected chi connectivity index (χ0v) is 11.9. The quantitative estimate of drug-likeness (QED) is 0.258. The highest BCUT2D eigenvalue weighted by Gasteiger charge is 2.02. The van der Waals surface area contributed by atoms with Crippen molar-refractivity contribution in [2.75, 3.05) is 34.3 Å². The molecule has 0 atom stereocenters. The number of nitrogens with zero attached hydrogens (tertiary/aromatic N) is 1. The zero-order chi connectivity index (χ0) is 15.4. The van der Waals surface area contributed by atoms with Crippen molar-refractivity contribution in [3.63, 3.8) is 0 Å². The summed E-state index contributed by atoms with van der Waals surface area (Å²) < 4.78 is 0.844. The van der Waals surface area contributed by atoms with E-state index in [-0.39, 0.29) is 19.0 Å². The minimum absolute atomic E-state index is 0. The number of hydrogen-bond donors (Lipinski definition) is 5. The number of aliphatic hydroxyl groups excluding tert-OH is 1. The highest BCUT2D eigenvalue weighted by Crippen LogP contribution is 1.84. The van der Waals surface area contributed by atoms with E-state index in [1.165, 1.54) is 0 Å². The van der Waals surface area contributed by atoms with Crippen LogP contribution < -0.4 is 23.9 Å². The third-order valence-electron chi connectivity index (χ3n) is 1.07. The molecule has 0 bridgehead atoms. The number of quaternary nitrogens is 1. The van der Waals surface area contributed by atoms with Gasteiger partial charge in [0.05, 0.1) is 27.7 Å². The lowest BCUT2D eigenvalue weighted by Crippen LogP contribution is -3.00. The molecule has 9 nitrogen and oxygen atoms in total. The van der Waals surface area contributed by atoms with Crippen LogP contribution in [0.3, 0.4) is 0 Å². The second kappa shape index (κ2) is 14.5. The van der Waals surface area contributed by atoms with E-state index in [1.54, 1.807) is 0 Å². The Bertz CT molecular complexity index is 251. The van der Waals surface area contributed by atoms with Crippen LogP contribution in [0.2, 0.25) is 0 Å². The Morgan fingerprint density at radius 3 is 1.26 bits per heavy atom. The number of carboxylic acids is 2. The summed E-state index contributed by atoms with van der Waals surface area (Å²) in [6.45, 7) is 1.11. The normalized spacial score (nSPS) is 8.63. The number of halogens is 1. The Labute approximate surface area is 117 Å². The second-order valence-corrected chi connectivity index (χ2v) is 4.10. The average Bonchev–Trinajstić information content (AvgIpc) is 1.97. The Balaban J connectivity index is -0.0000000900. The fraction of sp³-hybridized carbons (Fsp3) is 0.667. The van der Waals surface area contributed by atoms with Crippen molar-refractivity contribution in [3.05, 3.63) is 0 Å². The average molecular weight is 304 g/mol. The smallest absolute Gasteiger partial charge is 0.314 e. The first-order chi connectivity index (χ1) is 7.92. The Kier molecular flexibility index (Phi) is 19.9. The van der Waals surface area contributed by atoms with Crippen molar-refractivity contribution in [2.45, 2.75) is 6.42 Å². The summed E-state index contributed by atoms with van der Waals surface area (Å²) in [5.74, 6) is -2.62. The van der Waals surface area contributed by atoms with Crippen molar-refractivity contribution < 1.29 is 46.6 Å². The standard InChI is InChI=1S/C5H14NO.C3H4O4.CH4N2O.ClH/c1-6(2,3)4-5-7;4-2(5)1-3(6)7;2-1(3)4;/h7H,4-5H2,1-3H3;1H2,(H,4,5)(H,6,7);(H4,2,3,4);1H/q+1;;;/p-1. The molecule has 0 heterocycles. The van der Waals surface area contributed by atoms with Crippen LogP contribution >= 0.6 is 0 Å². The molecule has 0 saturated carbocycles. The molecular weight excluding hydrogens is 282 g/mol. The molecule has 0 spiro atoms. The van der Waals surface area contributed by atoms with Crippen molar-refractivity contribution in [1.29, 1.82) is 0 Å². The monoisotopic (exact) mass is 303 g/mol. The van der Waals surface area contributed by atoms with E-state index in [0.29, 0.717) is 0 Å². The van der Waals surface area contributed by atoms with Crippen LogP contribution in [0.1, 0.15) is 6.42 Å². The van der Waals surface area contributed by atoms with Gasteiger partial charge in [-0.05, 0) is 0 Å². The molecule has 0 radical (unpaired) electrons. The molecular formula is C9H22ClN3O6. The van der Waals surface area contributed by atoms with Crippen LogP contribution in [0.15, 0.2) is 0 Å². The molecule has 0 saturated heterocycles. The van der Waals surface area contributed by atoms with Crippen molar-refractivity contribution in [2.24, 2.45) is 11.5 Å². The number of hydrogen-bond acceptors (Lipinski definition) is 4. The van der Waals surface area contributed by atoms with Gasteiger partial charge in [0.2, 0.25) is 0 Å². The lowest BCUT2D eigenvalue weighted by Gasteiger charge is -2.21. The molecule has 0 rings (SSSR count). The number of primary amides is 2. The molecule has 0 aliphatic carbocycles. The highest BCUT2D eigenvalue weighted by molar-refractivity contribution is 5.88. The minimum Gasteiger partial charge on any atom is -1.00 e. The number of aliphatic hydroxyl groups is 1. The maximum absolute atomic E-state index is 9.43. The maximum Gasteiger partial charge on any atom is 0.314 e. The van der Waals surface area contributed by atoms with Gasteiger partial charge in [-0.15, -0.1) is 0 Å². The van der Waals surface area contributed by atoms with E-state index in [1.807, 2.05) is 0 Å². The van der Waals surface area contributed by atoms with Gasteiger partial charge in [-0.1, -0.05) is 0 Å². The number of urea groups is 1. The molecule has 0 aromatic rings. The molecule has 19 heavy (non-hydrogen) atoms. The van der Waals surface area contributed by atoms with Crippen molar-refractivity contribution in [1.82, 2.24) is 0 Å². The van der Waals surface area contributed by atoms with Crippen LogP contribution in [0.4, 0.5) is 4.79 Å². The molecule has 0 aromatic heterocycles. The summed E-state index contributed by atoms with van der Waals surface area (Å²) in [7, 11) is 6.16. The first kappa shape index (κ1) is 26.1. The van der Waals surface area contributed by atoms with Gasteiger partial charge in [0.1, 0.15) is 13.0 Å². The number of nitrogens with two attached hydrogens (primary N) is 2. The molecule has 2 amide bonds. The lowest BCUT2D eigenvalue weighted by molar-refractivity contribution is -0.870. The number of carboxylic acid groups (broad SMARTS) is 2. The summed E-state index contributed by atoms with van der Waals surface area (Å²) in [4.78, 5) is 27.9.